The minimum absolute atomic E-state index is 0.818. The van der Waals surface area contributed by atoms with E-state index >= 15 is 0 Å². The van der Waals surface area contributed by atoms with Crippen molar-refractivity contribution in [3.8, 4) is 0 Å². The van der Waals surface area contributed by atoms with E-state index in [0.717, 1.165) is 23.9 Å². The maximum Gasteiger partial charge on any atom is 0.0249 e. The molecule has 0 radical (unpaired) electrons. The van der Waals surface area contributed by atoms with Gasteiger partial charge >= 0.3 is 0 Å². The summed E-state index contributed by atoms with van der Waals surface area (Å²) in [4.78, 5) is 2.72. The van der Waals surface area contributed by atoms with Crippen LogP contribution < -0.4 is 5.32 Å². The van der Waals surface area contributed by atoms with E-state index in [-0.39, 0.29) is 0 Å². The van der Waals surface area contributed by atoms with Gasteiger partial charge in [-0.3, -0.25) is 4.90 Å². The van der Waals surface area contributed by atoms with Gasteiger partial charge in [0.1, 0.15) is 0 Å². The van der Waals surface area contributed by atoms with Crippen LogP contribution in [0.25, 0.3) is 0 Å². The molecule has 0 aromatic rings. The maximum atomic E-state index is 3.83. The summed E-state index contributed by atoms with van der Waals surface area (Å²) in [6.07, 6.45) is 7.19. The molecule has 4 atom stereocenters. The van der Waals surface area contributed by atoms with Gasteiger partial charge in [-0.05, 0) is 50.6 Å². The molecule has 4 unspecified atom stereocenters. The Bertz CT molecular complexity index is 229. The Balaban J connectivity index is 1.49. The van der Waals surface area contributed by atoms with Gasteiger partial charge in [0.25, 0.3) is 0 Å². The molecule has 2 heteroatoms. The second kappa shape index (κ2) is 4.06. The van der Waals surface area contributed by atoms with Gasteiger partial charge in [0.2, 0.25) is 0 Å². The van der Waals surface area contributed by atoms with Crippen molar-refractivity contribution in [2.24, 2.45) is 11.8 Å². The van der Waals surface area contributed by atoms with Crippen molar-refractivity contribution in [1.29, 1.82) is 0 Å². The lowest BCUT2D eigenvalue weighted by Crippen LogP contribution is -2.45. The predicted molar refractivity (Wildman–Crippen MR) is 62.9 cm³/mol. The van der Waals surface area contributed by atoms with E-state index in [1.807, 2.05) is 0 Å². The zero-order valence-electron chi connectivity index (χ0n) is 9.91. The first-order valence-electron chi connectivity index (χ1n) is 6.82. The van der Waals surface area contributed by atoms with Crippen LogP contribution in [-0.4, -0.2) is 36.6 Å². The lowest BCUT2D eigenvalue weighted by molar-refractivity contribution is 0.180. The smallest absolute Gasteiger partial charge is 0.0249 e. The number of nitrogens with zero attached hydrogens (tertiary/aromatic N) is 1. The summed E-state index contributed by atoms with van der Waals surface area (Å²) in [5.41, 5.74) is 0. The van der Waals surface area contributed by atoms with Crippen molar-refractivity contribution < 1.29 is 0 Å². The summed E-state index contributed by atoms with van der Waals surface area (Å²) in [6.45, 7) is 6.38. The number of rotatable bonds is 3. The highest BCUT2D eigenvalue weighted by Crippen LogP contribution is 2.37. The van der Waals surface area contributed by atoms with Gasteiger partial charge in [0.05, 0.1) is 0 Å². The molecule has 15 heavy (non-hydrogen) atoms. The van der Waals surface area contributed by atoms with Crippen LogP contribution in [0.4, 0.5) is 0 Å². The molecule has 2 nitrogen and oxygen atoms in total. The fraction of sp³-hybridized carbons (Fsp3) is 1.00. The summed E-state index contributed by atoms with van der Waals surface area (Å²) >= 11 is 0. The van der Waals surface area contributed by atoms with E-state index in [2.05, 4.69) is 17.1 Å². The SMILES string of the molecule is CC1CC1CNC1CCN2CCCCC12. The molecule has 3 fully saturated rings. The molecule has 0 amide bonds. The molecule has 0 bridgehead atoms. The molecule has 2 aliphatic heterocycles. The molecule has 3 rings (SSSR count). The lowest BCUT2D eigenvalue weighted by Gasteiger charge is -2.32. The first-order chi connectivity index (χ1) is 7.34. The fourth-order valence-corrected chi connectivity index (χ4v) is 3.47. The number of piperidine rings is 1. The molecule has 0 aromatic carbocycles. The molecule has 0 aromatic heterocycles. The molecule has 1 saturated carbocycles. The first kappa shape index (κ1) is 10.1. The Morgan fingerprint density at radius 3 is 2.87 bits per heavy atom. The van der Waals surface area contributed by atoms with E-state index in [4.69, 9.17) is 0 Å². The second-order valence-corrected chi connectivity index (χ2v) is 5.88. The van der Waals surface area contributed by atoms with Gasteiger partial charge in [0, 0.05) is 18.6 Å². The predicted octanol–water partition coefficient (Wildman–Crippen LogP) is 1.86. The van der Waals surface area contributed by atoms with Gasteiger partial charge in [-0.25, -0.2) is 0 Å². The summed E-state index contributed by atoms with van der Waals surface area (Å²) in [7, 11) is 0. The normalized spacial score (nSPS) is 45.4. The molecule has 86 valence electrons. The Kier molecular flexibility index (Phi) is 2.73. The average Bonchev–Trinajstić information content (AvgIpc) is 2.81. The van der Waals surface area contributed by atoms with Crippen LogP contribution in [0.3, 0.4) is 0 Å². The molecular weight excluding hydrogens is 184 g/mol. The largest absolute Gasteiger partial charge is 0.312 e. The number of hydrogen-bond donors (Lipinski definition) is 1. The second-order valence-electron chi connectivity index (χ2n) is 5.88. The zero-order chi connectivity index (χ0) is 10.3. The highest BCUT2D eigenvalue weighted by molar-refractivity contribution is 4.95. The maximum absolute atomic E-state index is 3.83. The molecule has 2 heterocycles. The molecule has 2 saturated heterocycles. The van der Waals surface area contributed by atoms with Crippen LogP contribution in [0.2, 0.25) is 0 Å². The molecule has 1 aliphatic carbocycles. The molecule has 1 N–H and O–H groups in total. The molecule has 0 spiro atoms. The lowest BCUT2D eigenvalue weighted by atomic mass is 9.99. The number of nitrogens with one attached hydrogen (secondary N) is 1. The van der Waals surface area contributed by atoms with E-state index in [1.54, 1.807) is 0 Å². The average molecular weight is 208 g/mol. The summed E-state index contributed by atoms with van der Waals surface area (Å²) in [5.74, 6) is 2.00. The minimum Gasteiger partial charge on any atom is -0.312 e. The van der Waals surface area contributed by atoms with E-state index in [9.17, 15) is 0 Å². The highest BCUT2D eigenvalue weighted by Gasteiger charge is 2.37. The van der Waals surface area contributed by atoms with Crippen LogP contribution in [0.15, 0.2) is 0 Å². The van der Waals surface area contributed by atoms with Crippen molar-refractivity contribution in [2.75, 3.05) is 19.6 Å². The third-order valence-corrected chi connectivity index (χ3v) is 4.77. The van der Waals surface area contributed by atoms with Gasteiger partial charge < -0.3 is 5.32 Å². The van der Waals surface area contributed by atoms with Gasteiger partial charge in [-0.15, -0.1) is 0 Å². The van der Waals surface area contributed by atoms with Gasteiger partial charge in [0.15, 0.2) is 0 Å². The molecular formula is C13H24N2. The van der Waals surface area contributed by atoms with Crippen molar-refractivity contribution in [3.63, 3.8) is 0 Å². The van der Waals surface area contributed by atoms with Crippen molar-refractivity contribution in [3.05, 3.63) is 0 Å². The summed E-state index contributed by atoms with van der Waals surface area (Å²) < 4.78 is 0. The third-order valence-electron chi connectivity index (χ3n) is 4.77. The Labute approximate surface area is 93.4 Å². The first-order valence-corrected chi connectivity index (χ1v) is 6.82. The monoisotopic (exact) mass is 208 g/mol. The van der Waals surface area contributed by atoms with Crippen molar-refractivity contribution in [1.82, 2.24) is 10.2 Å². The van der Waals surface area contributed by atoms with Gasteiger partial charge in [-0.2, -0.15) is 0 Å². The Hall–Kier alpha value is -0.0800. The Morgan fingerprint density at radius 1 is 1.20 bits per heavy atom. The summed E-state index contributed by atoms with van der Waals surface area (Å²) in [5, 5.41) is 3.83. The quantitative estimate of drug-likeness (QED) is 0.761. The third kappa shape index (κ3) is 2.07. The number of hydrogen-bond acceptors (Lipinski definition) is 2. The van der Waals surface area contributed by atoms with Crippen molar-refractivity contribution in [2.45, 2.75) is 51.1 Å². The number of fused-ring (bicyclic) bond motifs is 1. The van der Waals surface area contributed by atoms with Crippen LogP contribution in [0.1, 0.15) is 39.0 Å². The van der Waals surface area contributed by atoms with E-state index in [0.29, 0.717) is 0 Å². The van der Waals surface area contributed by atoms with E-state index in [1.165, 1.54) is 51.7 Å². The van der Waals surface area contributed by atoms with Crippen LogP contribution >= 0.6 is 0 Å². The topological polar surface area (TPSA) is 15.3 Å². The molecule has 3 aliphatic rings. The fourth-order valence-electron chi connectivity index (χ4n) is 3.47. The minimum atomic E-state index is 0.818. The van der Waals surface area contributed by atoms with Gasteiger partial charge in [-0.1, -0.05) is 13.3 Å². The zero-order valence-corrected chi connectivity index (χ0v) is 9.91. The van der Waals surface area contributed by atoms with Crippen LogP contribution in [0.5, 0.6) is 0 Å². The standard InChI is InChI=1S/C13H24N2/c1-10-8-11(10)9-14-12-5-7-15-6-3-2-4-13(12)15/h10-14H,2-9H2,1H3. The van der Waals surface area contributed by atoms with Crippen LogP contribution in [0, 0.1) is 11.8 Å². The van der Waals surface area contributed by atoms with Crippen molar-refractivity contribution >= 4 is 0 Å². The highest BCUT2D eigenvalue weighted by atomic mass is 15.2. The Morgan fingerprint density at radius 2 is 2.07 bits per heavy atom. The summed E-state index contributed by atoms with van der Waals surface area (Å²) in [6, 6.07) is 1.70. The van der Waals surface area contributed by atoms with E-state index < -0.39 is 0 Å². The van der Waals surface area contributed by atoms with Crippen LogP contribution in [-0.2, 0) is 0 Å².